The molecule has 3 aromatic carbocycles. The minimum Gasteiger partial charge on any atom is -0.495 e. The molecular weight excluding hydrogens is 432 g/mol. The number of hydrogen-bond acceptors (Lipinski definition) is 6. The van der Waals surface area contributed by atoms with Crippen LogP contribution in [-0.4, -0.2) is 34.3 Å². The average Bonchev–Trinajstić information content (AvgIpc) is 2.86. The van der Waals surface area contributed by atoms with Crippen LogP contribution in [0.4, 0.5) is 11.4 Å². The highest BCUT2D eigenvalue weighted by molar-refractivity contribution is 6.02. The number of carbonyl (C=O) groups is 1. The van der Waals surface area contributed by atoms with E-state index in [1.807, 2.05) is 54.6 Å². The molecule has 0 aliphatic rings. The summed E-state index contributed by atoms with van der Waals surface area (Å²) in [6.07, 6.45) is 7.06. The highest BCUT2D eigenvalue weighted by Crippen LogP contribution is 2.38. The van der Waals surface area contributed by atoms with Crippen LogP contribution >= 0.6 is 0 Å². The third-order valence-corrected chi connectivity index (χ3v) is 5.01. The van der Waals surface area contributed by atoms with Crippen LogP contribution in [0.2, 0.25) is 0 Å². The van der Waals surface area contributed by atoms with E-state index in [1.165, 1.54) is 6.08 Å². The molecule has 0 aliphatic carbocycles. The Hall–Kier alpha value is -4.39. The Balaban J connectivity index is 1.64. The van der Waals surface area contributed by atoms with E-state index in [9.17, 15) is 4.79 Å². The lowest BCUT2D eigenvalue weighted by molar-refractivity contribution is -0.111. The number of benzene rings is 3. The second-order valence-electron chi connectivity index (χ2n) is 7.24. The average molecular weight is 461 g/mol. The molecule has 0 aliphatic heterocycles. The van der Waals surface area contributed by atoms with E-state index in [1.54, 1.807) is 46.6 Å². The molecule has 34 heavy (non-hydrogen) atoms. The van der Waals surface area contributed by atoms with Crippen LogP contribution in [0.25, 0.3) is 18.2 Å². The summed E-state index contributed by atoms with van der Waals surface area (Å²) in [4.78, 5) is 12.3. The third kappa shape index (κ3) is 6.10. The van der Waals surface area contributed by atoms with Gasteiger partial charge in [0, 0.05) is 11.8 Å². The minimum atomic E-state index is -0.241. The maximum Gasteiger partial charge on any atom is 0.248 e. The molecule has 0 radical (unpaired) electrons. The van der Waals surface area contributed by atoms with Crippen molar-refractivity contribution in [3.63, 3.8) is 0 Å². The first-order chi connectivity index (χ1) is 16.5. The Kier molecular flexibility index (Phi) is 8.18. The summed E-state index contributed by atoms with van der Waals surface area (Å²) in [5.41, 5.74) is 9.77. The van der Waals surface area contributed by atoms with Crippen LogP contribution in [0.3, 0.4) is 0 Å². The van der Waals surface area contributed by atoms with Gasteiger partial charge in [-0.15, -0.1) is 0 Å². The Morgan fingerprint density at radius 2 is 1.29 bits per heavy atom. The van der Waals surface area contributed by atoms with Crippen molar-refractivity contribution in [2.24, 2.45) is 0 Å². The SMILES string of the molecule is COc1ccc(/C=C\C(=O)Nc2ccc(/C=C\c3cc(OC)c(OC)c(OC)c3)cc2)cc1N. The maximum absolute atomic E-state index is 12.3. The van der Waals surface area contributed by atoms with Gasteiger partial charge in [-0.2, -0.15) is 0 Å². The van der Waals surface area contributed by atoms with Gasteiger partial charge in [0.05, 0.1) is 34.1 Å². The number of hydrogen-bond donors (Lipinski definition) is 2. The van der Waals surface area contributed by atoms with Crippen molar-refractivity contribution < 1.29 is 23.7 Å². The summed E-state index contributed by atoms with van der Waals surface area (Å²) in [5.74, 6) is 2.08. The van der Waals surface area contributed by atoms with E-state index in [-0.39, 0.29) is 5.91 Å². The summed E-state index contributed by atoms with van der Waals surface area (Å²) in [7, 11) is 6.29. The van der Waals surface area contributed by atoms with Gasteiger partial charge in [-0.25, -0.2) is 0 Å². The predicted octanol–water partition coefficient (Wildman–Crippen LogP) is 5.13. The first-order valence-corrected chi connectivity index (χ1v) is 10.5. The fraction of sp³-hybridized carbons (Fsp3) is 0.148. The summed E-state index contributed by atoms with van der Waals surface area (Å²) in [6.45, 7) is 0. The molecule has 3 rings (SSSR count). The molecule has 3 N–H and O–H groups in total. The highest BCUT2D eigenvalue weighted by atomic mass is 16.5. The number of methoxy groups -OCH3 is 4. The standard InChI is InChI=1S/C27H28N2O5/c1-31-23-13-9-19(15-22(23)28)10-14-26(30)29-21-11-7-18(8-12-21)5-6-20-16-24(32-2)27(34-4)25(17-20)33-3/h5-17H,28H2,1-4H3,(H,29,30)/b6-5-,14-10-. The molecule has 0 saturated carbocycles. The number of amides is 1. The van der Waals surface area contributed by atoms with Crippen LogP contribution < -0.4 is 30.0 Å². The Bertz CT molecular complexity index is 1180. The largest absolute Gasteiger partial charge is 0.495 e. The zero-order valence-corrected chi connectivity index (χ0v) is 19.6. The Labute approximate surface area is 199 Å². The summed E-state index contributed by atoms with van der Waals surface area (Å²) < 4.78 is 21.3. The zero-order valence-electron chi connectivity index (χ0n) is 19.6. The van der Waals surface area contributed by atoms with Gasteiger partial charge in [-0.05, 0) is 59.2 Å². The van der Waals surface area contributed by atoms with Crippen LogP contribution in [0.5, 0.6) is 23.0 Å². The van der Waals surface area contributed by atoms with Gasteiger partial charge >= 0.3 is 0 Å². The molecule has 176 valence electrons. The molecule has 0 atom stereocenters. The first kappa shape index (κ1) is 24.3. The van der Waals surface area contributed by atoms with Crippen molar-refractivity contribution in [2.75, 3.05) is 39.5 Å². The molecule has 0 saturated heterocycles. The van der Waals surface area contributed by atoms with Crippen molar-refractivity contribution in [3.8, 4) is 23.0 Å². The molecule has 0 fully saturated rings. The molecule has 7 heteroatoms. The minimum absolute atomic E-state index is 0.241. The Morgan fingerprint density at radius 3 is 1.85 bits per heavy atom. The highest BCUT2D eigenvalue weighted by Gasteiger charge is 2.12. The van der Waals surface area contributed by atoms with Gasteiger partial charge in [0.25, 0.3) is 0 Å². The first-order valence-electron chi connectivity index (χ1n) is 10.5. The molecular formula is C27H28N2O5. The monoisotopic (exact) mass is 460 g/mol. The molecule has 0 heterocycles. The normalized spacial score (nSPS) is 10.9. The molecule has 0 spiro atoms. The molecule has 1 amide bonds. The zero-order chi connectivity index (χ0) is 24.5. The number of rotatable bonds is 9. The smallest absolute Gasteiger partial charge is 0.248 e. The number of nitrogens with one attached hydrogen (secondary N) is 1. The maximum atomic E-state index is 12.3. The lowest BCUT2D eigenvalue weighted by Gasteiger charge is -2.12. The second kappa shape index (κ2) is 11.5. The second-order valence-corrected chi connectivity index (χ2v) is 7.24. The number of nitrogen functional groups attached to an aromatic ring is 1. The van der Waals surface area contributed by atoms with Crippen molar-refractivity contribution in [1.82, 2.24) is 0 Å². The number of ether oxygens (including phenoxy) is 4. The lowest BCUT2D eigenvalue weighted by Crippen LogP contribution is -2.07. The third-order valence-electron chi connectivity index (χ3n) is 5.01. The number of nitrogens with two attached hydrogens (primary N) is 1. The van der Waals surface area contributed by atoms with Gasteiger partial charge in [-0.3, -0.25) is 4.79 Å². The van der Waals surface area contributed by atoms with Crippen LogP contribution in [0.1, 0.15) is 16.7 Å². The van der Waals surface area contributed by atoms with Crippen molar-refractivity contribution >= 4 is 35.5 Å². The fourth-order valence-electron chi connectivity index (χ4n) is 3.28. The van der Waals surface area contributed by atoms with Crippen molar-refractivity contribution in [2.45, 2.75) is 0 Å². The quantitative estimate of drug-likeness (QED) is 0.261. The molecule has 0 bridgehead atoms. The van der Waals surface area contributed by atoms with Crippen LogP contribution in [0.15, 0.2) is 60.7 Å². The van der Waals surface area contributed by atoms with E-state index in [0.29, 0.717) is 34.4 Å². The van der Waals surface area contributed by atoms with Crippen molar-refractivity contribution in [1.29, 1.82) is 0 Å². The van der Waals surface area contributed by atoms with Crippen LogP contribution in [-0.2, 0) is 4.79 Å². The molecule has 0 aromatic heterocycles. The van der Waals surface area contributed by atoms with Gasteiger partial charge in [0.15, 0.2) is 11.5 Å². The predicted molar refractivity (Wildman–Crippen MR) is 137 cm³/mol. The van der Waals surface area contributed by atoms with Crippen LogP contribution in [0, 0.1) is 0 Å². The van der Waals surface area contributed by atoms with E-state index < -0.39 is 0 Å². The molecule has 7 nitrogen and oxygen atoms in total. The Morgan fingerprint density at radius 1 is 0.706 bits per heavy atom. The molecule has 3 aromatic rings. The van der Waals surface area contributed by atoms with E-state index in [0.717, 1.165) is 16.7 Å². The van der Waals surface area contributed by atoms with Gasteiger partial charge in [-0.1, -0.05) is 30.4 Å². The van der Waals surface area contributed by atoms with Crippen molar-refractivity contribution in [3.05, 3.63) is 77.4 Å². The fourth-order valence-corrected chi connectivity index (χ4v) is 3.28. The summed E-state index contributed by atoms with van der Waals surface area (Å²) in [5, 5.41) is 2.84. The van der Waals surface area contributed by atoms with Gasteiger partial charge in [0.2, 0.25) is 11.7 Å². The topological polar surface area (TPSA) is 92.0 Å². The van der Waals surface area contributed by atoms with Gasteiger partial charge < -0.3 is 30.0 Å². The lowest BCUT2D eigenvalue weighted by atomic mass is 10.1. The summed E-state index contributed by atoms with van der Waals surface area (Å²) in [6, 6.07) is 16.6. The number of anilines is 2. The van der Waals surface area contributed by atoms with E-state index >= 15 is 0 Å². The molecule has 0 unspecified atom stereocenters. The van der Waals surface area contributed by atoms with E-state index in [4.69, 9.17) is 24.7 Å². The summed E-state index contributed by atoms with van der Waals surface area (Å²) >= 11 is 0. The van der Waals surface area contributed by atoms with Gasteiger partial charge in [0.1, 0.15) is 5.75 Å². The van der Waals surface area contributed by atoms with E-state index in [2.05, 4.69) is 5.32 Å². The number of carbonyl (C=O) groups excluding carboxylic acids is 1.